The molecule has 0 aliphatic carbocycles. The van der Waals surface area contributed by atoms with Crippen molar-refractivity contribution in [2.75, 3.05) is 0 Å². The fraction of sp³-hybridized carbons (Fsp3) is 0.667. The zero-order chi connectivity index (χ0) is 13.3. The van der Waals surface area contributed by atoms with Gasteiger partial charge in [-0.05, 0) is 25.3 Å². The van der Waals surface area contributed by atoms with Crippen LogP contribution in [0.5, 0.6) is 0 Å². The van der Waals surface area contributed by atoms with E-state index in [1.807, 2.05) is 6.08 Å². The molecule has 0 aromatic rings. The van der Waals surface area contributed by atoms with E-state index in [0.29, 0.717) is 0 Å². The zero-order valence-electron chi connectivity index (χ0n) is 12.4. The van der Waals surface area contributed by atoms with Crippen molar-refractivity contribution in [1.82, 2.24) is 0 Å². The predicted octanol–water partition coefficient (Wildman–Crippen LogP) is 6.04. The van der Waals surface area contributed by atoms with Gasteiger partial charge in [-0.1, -0.05) is 82.4 Å². The Hall–Kier alpha value is -0.960. The highest BCUT2D eigenvalue weighted by molar-refractivity contribution is 5.19. The van der Waals surface area contributed by atoms with Crippen LogP contribution in [-0.4, -0.2) is 0 Å². The van der Waals surface area contributed by atoms with E-state index in [-0.39, 0.29) is 0 Å². The van der Waals surface area contributed by atoms with Crippen LogP contribution in [0, 0.1) is 11.8 Å². The molecule has 0 rings (SSSR count). The van der Waals surface area contributed by atoms with Gasteiger partial charge in [-0.15, -0.1) is 0 Å². The number of rotatable bonds is 10. The van der Waals surface area contributed by atoms with Crippen LogP contribution in [0.1, 0.15) is 78.1 Å². The van der Waals surface area contributed by atoms with Gasteiger partial charge < -0.3 is 0 Å². The Bertz CT molecular complexity index is 259. The minimum absolute atomic E-state index is 1.03. The summed E-state index contributed by atoms with van der Waals surface area (Å²) < 4.78 is 0. The lowest BCUT2D eigenvalue weighted by Gasteiger charge is -1.97. The average Bonchev–Trinajstić information content (AvgIpc) is 2.39. The van der Waals surface area contributed by atoms with Crippen molar-refractivity contribution in [1.29, 1.82) is 0 Å². The van der Waals surface area contributed by atoms with Crippen molar-refractivity contribution < 1.29 is 0 Å². The van der Waals surface area contributed by atoms with E-state index >= 15 is 0 Å². The van der Waals surface area contributed by atoms with Crippen LogP contribution >= 0.6 is 0 Å². The molecule has 0 aliphatic heterocycles. The van der Waals surface area contributed by atoms with Crippen LogP contribution in [0.25, 0.3) is 0 Å². The van der Waals surface area contributed by atoms with Crippen molar-refractivity contribution in [2.24, 2.45) is 0 Å². The monoisotopic (exact) mass is 246 g/mol. The molecule has 0 aromatic carbocycles. The second-order valence-corrected chi connectivity index (χ2v) is 4.77. The molecule has 18 heavy (non-hydrogen) atoms. The summed E-state index contributed by atoms with van der Waals surface area (Å²) in [7, 11) is 0. The lowest BCUT2D eigenvalue weighted by molar-refractivity contribution is 0.611. The summed E-state index contributed by atoms with van der Waals surface area (Å²) in [5.41, 5.74) is 0. The van der Waals surface area contributed by atoms with Gasteiger partial charge in [-0.25, -0.2) is 0 Å². The molecule has 0 N–H and O–H groups in total. The standard InChI is InChI=1S/C18H30/c1-3-5-7-9-11-13-15-17-18-16-14-12-10-8-6-4-2/h14,16-18H,3-9,11,13,15H2,1-2H3/b16-14-,18-17+. The average molecular weight is 246 g/mol. The Balaban J connectivity index is 3.30. The molecule has 0 unspecified atom stereocenters. The Labute approximate surface area is 115 Å². The summed E-state index contributed by atoms with van der Waals surface area (Å²) in [5, 5.41) is 0. The maximum atomic E-state index is 3.15. The first-order valence-electron chi connectivity index (χ1n) is 7.71. The first-order chi connectivity index (χ1) is 8.91. The van der Waals surface area contributed by atoms with Crippen LogP contribution in [0.3, 0.4) is 0 Å². The summed E-state index contributed by atoms with van der Waals surface area (Å²) in [5.74, 6) is 6.21. The molecule has 0 aromatic heterocycles. The fourth-order valence-corrected chi connectivity index (χ4v) is 1.72. The molecule has 0 aliphatic rings. The largest absolute Gasteiger partial charge is 0.0985 e. The summed E-state index contributed by atoms with van der Waals surface area (Å²) in [6, 6.07) is 0. The Kier molecular flexibility index (Phi) is 15.2. The third-order valence-corrected chi connectivity index (χ3v) is 2.91. The first-order valence-corrected chi connectivity index (χ1v) is 7.71. The lowest BCUT2D eigenvalue weighted by Crippen LogP contribution is -1.77. The van der Waals surface area contributed by atoms with Crippen LogP contribution in [0.15, 0.2) is 24.3 Å². The second kappa shape index (κ2) is 16.0. The smallest absolute Gasteiger partial charge is 0.00921 e. The summed E-state index contributed by atoms with van der Waals surface area (Å²) >= 11 is 0. The van der Waals surface area contributed by atoms with E-state index in [4.69, 9.17) is 0 Å². The van der Waals surface area contributed by atoms with E-state index in [1.54, 1.807) is 0 Å². The predicted molar refractivity (Wildman–Crippen MR) is 83.6 cm³/mol. The summed E-state index contributed by atoms with van der Waals surface area (Å²) in [4.78, 5) is 0. The molecule has 0 nitrogen and oxygen atoms in total. The lowest BCUT2D eigenvalue weighted by atomic mass is 10.1. The minimum atomic E-state index is 1.03. The van der Waals surface area contributed by atoms with Crippen molar-refractivity contribution in [3.05, 3.63) is 24.3 Å². The van der Waals surface area contributed by atoms with E-state index in [2.05, 4.69) is 43.9 Å². The maximum Gasteiger partial charge on any atom is 0.00921 e. The molecular formula is C18H30. The zero-order valence-corrected chi connectivity index (χ0v) is 12.4. The molecule has 0 saturated heterocycles. The van der Waals surface area contributed by atoms with E-state index in [1.165, 1.54) is 57.8 Å². The molecule has 102 valence electrons. The molecule has 0 atom stereocenters. The van der Waals surface area contributed by atoms with Crippen LogP contribution in [-0.2, 0) is 0 Å². The van der Waals surface area contributed by atoms with Gasteiger partial charge in [0.2, 0.25) is 0 Å². The van der Waals surface area contributed by atoms with Crippen molar-refractivity contribution >= 4 is 0 Å². The van der Waals surface area contributed by atoms with Gasteiger partial charge in [0, 0.05) is 6.42 Å². The highest BCUT2D eigenvalue weighted by atomic mass is 13.9. The summed E-state index contributed by atoms with van der Waals surface area (Å²) in [6.45, 7) is 4.46. The van der Waals surface area contributed by atoms with Gasteiger partial charge >= 0.3 is 0 Å². The highest BCUT2D eigenvalue weighted by Gasteiger charge is 1.87. The number of allylic oxidation sites excluding steroid dienone is 4. The highest BCUT2D eigenvalue weighted by Crippen LogP contribution is 2.07. The third kappa shape index (κ3) is 15.0. The van der Waals surface area contributed by atoms with Crippen LogP contribution in [0.4, 0.5) is 0 Å². The van der Waals surface area contributed by atoms with Gasteiger partial charge in [0.25, 0.3) is 0 Å². The van der Waals surface area contributed by atoms with Crippen molar-refractivity contribution in [3.63, 3.8) is 0 Å². The van der Waals surface area contributed by atoms with Gasteiger partial charge in [0.05, 0.1) is 0 Å². The van der Waals surface area contributed by atoms with E-state index in [9.17, 15) is 0 Å². The molecule has 0 saturated carbocycles. The minimum Gasteiger partial charge on any atom is -0.0985 e. The van der Waals surface area contributed by atoms with Crippen molar-refractivity contribution in [3.8, 4) is 11.8 Å². The van der Waals surface area contributed by atoms with Gasteiger partial charge in [0.1, 0.15) is 0 Å². The number of hydrogen-bond acceptors (Lipinski definition) is 0. The fourth-order valence-electron chi connectivity index (χ4n) is 1.72. The van der Waals surface area contributed by atoms with E-state index in [0.717, 1.165) is 6.42 Å². The SMILES string of the molecule is CCCCC#C/C=C\C=C\CCCCCCCC. The number of hydrogen-bond donors (Lipinski definition) is 0. The summed E-state index contributed by atoms with van der Waals surface area (Å²) in [6.07, 6.45) is 21.3. The van der Waals surface area contributed by atoms with Crippen LogP contribution < -0.4 is 0 Å². The molecule has 0 fully saturated rings. The van der Waals surface area contributed by atoms with Gasteiger partial charge in [-0.3, -0.25) is 0 Å². The van der Waals surface area contributed by atoms with Gasteiger partial charge in [-0.2, -0.15) is 0 Å². The van der Waals surface area contributed by atoms with Crippen molar-refractivity contribution in [2.45, 2.75) is 78.1 Å². The Morgan fingerprint density at radius 2 is 1.50 bits per heavy atom. The maximum absolute atomic E-state index is 3.15. The van der Waals surface area contributed by atoms with E-state index < -0.39 is 0 Å². The van der Waals surface area contributed by atoms with Crippen LogP contribution in [0.2, 0.25) is 0 Å². The second-order valence-electron chi connectivity index (χ2n) is 4.77. The molecule has 0 spiro atoms. The third-order valence-electron chi connectivity index (χ3n) is 2.91. The van der Waals surface area contributed by atoms with Gasteiger partial charge in [0.15, 0.2) is 0 Å². The normalized spacial score (nSPS) is 11.0. The Morgan fingerprint density at radius 1 is 0.778 bits per heavy atom. The molecule has 0 bridgehead atoms. The quantitative estimate of drug-likeness (QED) is 0.250. The molecule has 0 heterocycles. The topological polar surface area (TPSA) is 0 Å². The molecular weight excluding hydrogens is 216 g/mol. The molecule has 0 radical (unpaired) electrons. The molecule has 0 amide bonds. The Morgan fingerprint density at radius 3 is 2.28 bits per heavy atom. The number of unbranched alkanes of at least 4 members (excludes halogenated alkanes) is 8. The first kappa shape index (κ1) is 17.0. The molecule has 0 heteroatoms.